The van der Waals surface area contributed by atoms with E-state index in [0.29, 0.717) is 18.2 Å². The van der Waals surface area contributed by atoms with Gasteiger partial charge in [-0.2, -0.15) is 0 Å². The van der Waals surface area contributed by atoms with Gasteiger partial charge in [0.2, 0.25) is 0 Å². The Morgan fingerprint density at radius 3 is 2.56 bits per heavy atom. The van der Waals surface area contributed by atoms with Crippen molar-refractivity contribution in [1.29, 1.82) is 0 Å². The first-order valence-corrected chi connectivity index (χ1v) is 5.21. The Bertz CT molecular complexity index is 314. The minimum atomic E-state index is -0.230. The number of hydrogen-bond donors (Lipinski definition) is 1. The molecule has 0 aliphatic rings. The van der Waals surface area contributed by atoms with E-state index in [1.807, 2.05) is 24.3 Å². The predicted molar refractivity (Wildman–Crippen MR) is 67.0 cm³/mol. The molecule has 0 atom stereocenters. The fraction of sp³-hybridized carbons (Fsp3) is 0.364. The lowest BCUT2D eigenvalue weighted by atomic mass is 10.2. The topological polar surface area (TPSA) is 38.3 Å². The zero-order valence-electron chi connectivity index (χ0n) is 9.03. The molecule has 1 aromatic rings. The summed E-state index contributed by atoms with van der Waals surface area (Å²) in [6.45, 7) is 3.07. The van der Waals surface area contributed by atoms with E-state index in [2.05, 4.69) is 5.32 Å². The third-order valence-corrected chi connectivity index (χ3v) is 2.07. The molecule has 0 aliphatic carbocycles. The summed E-state index contributed by atoms with van der Waals surface area (Å²) in [5.74, 6) is -0.230. The smallest absolute Gasteiger partial charge is 0.319 e. The normalized spacial score (nSPS) is 9.38. The Hall–Kier alpha value is -0.770. The lowest BCUT2D eigenvalue weighted by Gasteiger charge is -2.04. The van der Waals surface area contributed by atoms with Crippen LogP contribution in [0.2, 0.25) is 5.02 Å². The molecule has 0 unspecified atom stereocenters. The number of hydrogen-bond acceptors (Lipinski definition) is 3. The highest BCUT2D eigenvalue weighted by atomic mass is 35.5. The number of benzene rings is 1. The summed E-state index contributed by atoms with van der Waals surface area (Å²) in [4.78, 5) is 11.0. The molecule has 0 saturated heterocycles. The Morgan fingerprint density at radius 2 is 2.00 bits per heavy atom. The van der Waals surface area contributed by atoms with E-state index in [-0.39, 0.29) is 24.9 Å². The predicted octanol–water partition coefficient (Wildman–Crippen LogP) is 2.41. The highest BCUT2D eigenvalue weighted by Gasteiger charge is 2.00. The van der Waals surface area contributed by atoms with Crippen LogP contribution < -0.4 is 5.32 Å². The minimum Gasteiger partial charge on any atom is -0.465 e. The summed E-state index contributed by atoms with van der Waals surface area (Å²) in [6.07, 6.45) is 0. The molecule has 0 amide bonds. The maximum Gasteiger partial charge on any atom is 0.319 e. The van der Waals surface area contributed by atoms with Gasteiger partial charge in [-0.25, -0.2) is 0 Å². The zero-order chi connectivity index (χ0) is 11.1. The van der Waals surface area contributed by atoms with Gasteiger partial charge in [0.25, 0.3) is 0 Å². The molecule has 0 heterocycles. The number of ether oxygens (including phenoxy) is 1. The van der Waals surface area contributed by atoms with Gasteiger partial charge in [-0.15, -0.1) is 12.4 Å². The van der Waals surface area contributed by atoms with Gasteiger partial charge < -0.3 is 10.1 Å². The van der Waals surface area contributed by atoms with Crippen molar-refractivity contribution in [1.82, 2.24) is 5.32 Å². The van der Waals surface area contributed by atoms with Gasteiger partial charge in [0.15, 0.2) is 0 Å². The van der Waals surface area contributed by atoms with E-state index >= 15 is 0 Å². The van der Waals surface area contributed by atoms with Crippen molar-refractivity contribution in [2.75, 3.05) is 13.2 Å². The van der Waals surface area contributed by atoms with Crippen molar-refractivity contribution >= 4 is 30.0 Å². The summed E-state index contributed by atoms with van der Waals surface area (Å²) in [6, 6.07) is 7.48. The van der Waals surface area contributed by atoms with Crippen LogP contribution in [0.4, 0.5) is 0 Å². The van der Waals surface area contributed by atoms with Gasteiger partial charge >= 0.3 is 5.97 Å². The average Bonchev–Trinajstić information content (AvgIpc) is 2.21. The first-order chi connectivity index (χ1) is 7.22. The first-order valence-electron chi connectivity index (χ1n) is 4.83. The lowest BCUT2D eigenvalue weighted by molar-refractivity contribution is -0.142. The monoisotopic (exact) mass is 263 g/mol. The molecule has 90 valence electrons. The molecule has 1 aromatic carbocycles. The largest absolute Gasteiger partial charge is 0.465 e. The summed E-state index contributed by atoms with van der Waals surface area (Å²) in [5, 5.41) is 3.70. The molecule has 5 heteroatoms. The van der Waals surface area contributed by atoms with Crippen LogP contribution in [0.15, 0.2) is 24.3 Å². The number of esters is 1. The van der Waals surface area contributed by atoms with Crippen molar-refractivity contribution < 1.29 is 9.53 Å². The van der Waals surface area contributed by atoms with Crippen molar-refractivity contribution in [2.45, 2.75) is 13.5 Å². The van der Waals surface area contributed by atoms with E-state index < -0.39 is 0 Å². The van der Waals surface area contributed by atoms with Gasteiger partial charge in [0.05, 0.1) is 13.2 Å². The molecular weight excluding hydrogens is 249 g/mol. The molecule has 16 heavy (non-hydrogen) atoms. The van der Waals surface area contributed by atoms with Crippen molar-refractivity contribution in [2.24, 2.45) is 0 Å². The van der Waals surface area contributed by atoms with Crippen LogP contribution in [0, 0.1) is 0 Å². The van der Waals surface area contributed by atoms with Crippen molar-refractivity contribution in [3.05, 3.63) is 34.9 Å². The molecule has 3 nitrogen and oxygen atoms in total. The van der Waals surface area contributed by atoms with E-state index in [1.54, 1.807) is 6.92 Å². The second kappa shape index (κ2) is 8.39. The molecule has 0 radical (unpaired) electrons. The molecule has 0 saturated carbocycles. The molecular formula is C11H15Cl2NO2. The standard InChI is InChI=1S/C11H14ClNO2.ClH/c1-2-15-11(14)8-13-7-9-3-5-10(12)6-4-9;/h3-6,13H,2,7-8H2,1H3;1H. The molecule has 0 aromatic heterocycles. The summed E-state index contributed by atoms with van der Waals surface area (Å²) in [5.41, 5.74) is 1.09. The Labute approximate surface area is 107 Å². The van der Waals surface area contributed by atoms with E-state index in [9.17, 15) is 4.79 Å². The minimum absolute atomic E-state index is 0. The van der Waals surface area contributed by atoms with Crippen LogP contribution in [-0.2, 0) is 16.1 Å². The van der Waals surface area contributed by atoms with Gasteiger partial charge in [-0.3, -0.25) is 4.79 Å². The molecule has 0 aliphatic heterocycles. The fourth-order valence-corrected chi connectivity index (χ4v) is 1.25. The number of carbonyl (C=O) groups excluding carboxylic acids is 1. The van der Waals surface area contributed by atoms with Crippen LogP contribution in [-0.4, -0.2) is 19.1 Å². The highest BCUT2D eigenvalue weighted by molar-refractivity contribution is 6.30. The maximum absolute atomic E-state index is 11.0. The zero-order valence-corrected chi connectivity index (χ0v) is 10.6. The van der Waals surface area contributed by atoms with E-state index in [1.165, 1.54) is 0 Å². The second-order valence-electron chi connectivity index (χ2n) is 3.04. The lowest BCUT2D eigenvalue weighted by Crippen LogP contribution is -2.24. The van der Waals surface area contributed by atoms with Gasteiger partial charge in [0, 0.05) is 11.6 Å². The number of halogens is 2. The van der Waals surface area contributed by atoms with Gasteiger partial charge in [-0.05, 0) is 24.6 Å². The van der Waals surface area contributed by atoms with Crippen molar-refractivity contribution in [3.63, 3.8) is 0 Å². The Morgan fingerprint density at radius 1 is 1.38 bits per heavy atom. The Kier molecular flexibility index (Phi) is 7.99. The molecule has 1 N–H and O–H groups in total. The third-order valence-electron chi connectivity index (χ3n) is 1.82. The third kappa shape index (κ3) is 5.95. The number of rotatable bonds is 5. The molecule has 0 bridgehead atoms. The van der Waals surface area contributed by atoms with Gasteiger partial charge in [0.1, 0.15) is 0 Å². The van der Waals surface area contributed by atoms with Crippen LogP contribution in [0.5, 0.6) is 0 Å². The summed E-state index contributed by atoms with van der Waals surface area (Å²) in [7, 11) is 0. The van der Waals surface area contributed by atoms with Crippen molar-refractivity contribution in [3.8, 4) is 0 Å². The van der Waals surface area contributed by atoms with Crippen LogP contribution in [0.25, 0.3) is 0 Å². The maximum atomic E-state index is 11.0. The fourth-order valence-electron chi connectivity index (χ4n) is 1.12. The number of carbonyl (C=O) groups is 1. The van der Waals surface area contributed by atoms with E-state index in [0.717, 1.165) is 5.56 Å². The molecule has 0 fully saturated rings. The first kappa shape index (κ1) is 15.2. The molecule has 0 spiro atoms. The van der Waals surface area contributed by atoms with Crippen LogP contribution in [0.1, 0.15) is 12.5 Å². The van der Waals surface area contributed by atoms with Crippen LogP contribution in [0.3, 0.4) is 0 Å². The average molecular weight is 264 g/mol. The second-order valence-corrected chi connectivity index (χ2v) is 3.47. The van der Waals surface area contributed by atoms with Gasteiger partial charge in [-0.1, -0.05) is 23.7 Å². The Balaban J connectivity index is 0.00000225. The van der Waals surface area contributed by atoms with E-state index in [4.69, 9.17) is 16.3 Å². The summed E-state index contributed by atoms with van der Waals surface area (Å²) >= 11 is 5.74. The molecule has 1 rings (SSSR count). The number of nitrogens with one attached hydrogen (secondary N) is 1. The van der Waals surface area contributed by atoms with Crippen LogP contribution >= 0.6 is 24.0 Å². The SMILES string of the molecule is CCOC(=O)CNCc1ccc(Cl)cc1.Cl. The summed E-state index contributed by atoms with van der Waals surface area (Å²) < 4.78 is 4.78. The highest BCUT2D eigenvalue weighted by Crippen LogP contribution is 2.08. The quantitative estimate of drug-likeness (QED) is 0.830.